The van der Waals surface area contributed by atoms with Gasteiger partial charge in [0, 0.05) is 21.5 Å². The van der Waals surface area contributed by atoms with Crippen LogP contribution in [0.2, 0.25) is 0 Å². The molecular formula is C38H21N3O. The molecule has 2 aromatic heterocycles. The Balaban J connectivity index is 1.35. The van der Waals surface area contributed by atoms with E-state index in [4.69, 9.17) is 11.0 Å². The van der Waals surface area contributed by atoms with Crippen molar-refractivity contribution >= 4 is 49.4 Å². The zero-order valence-corrected chi connectivity index (χ0v) is 22.4. The molecule has 42 heavy (non-hydrogen) atoms. The number of nitrogens with zero attached hydrogens (tertiary/aromatic N) is 3. The molecule has 4 nitrogen and oxygen atoms in total. The molecule has 194 valence electrons. The van der Waals surface area contributed by atoms with E-state index in [9.17, 15) is 5.26 Å². The molecule has 0 aliphatic rings. The maximum absolute atomic E-state index is 10.3. The Hall–Kier alpha value is -6.10. The van der Waals surface area contributed by atoms with E-state index in [1.807, 2.05) is 91.0 Å². The lowest BCUT2D eigenvalue weighted by Gasteiger charge is -2.17. The number of hydrogen-bond acceptors (Lipinski definition) is 2. The average Bonchev–Trinajstić information content (AvgIpc) is 3.59. The quantitative estimate of drug-likeness (QED) is 0.211. The van der Waals surface area contributed by atoms with Crippen molar-refractivity contribution in [1.82, 2.24) is 4.57 Å². The van der Waals surface area contributed by atoms with Gasteiger partial charge in [-0.05, 0) is 58.7 Å². The first-order chi connectivity index (χ1) is 20.7. The lowest BCUT2D eigenvalue weighted by Crippen LogP contribution is -1.98. The van der Waals surface area contributed by atoms with Crippen molar-refractivity contribution in [2.75, 3.05) is 0 Å². The molecule has 0 fully saturated rings. The number of benzene rings is 6. The Morgan fingerprint density at radius 2 is 1.24 bits per heavy atom. The summed E-state index contributed by atoms with van der Waals surface area (Å²) in [4.78, 5) is 3.94. The summed E-state index contributed by atoms with van der Waals surface area (Å²) >= 11 is 0. The standard InChI is InChI=1S/C38H21N3O/c1-40-33-13-8-12-28(38(33)41-34-14-5-2-9-29(34)30-10-3-6-15-35(30)41)24-17-19-27(26(21-24)23-39)25-18-20-37-32(22-25)31-11-4-7-16-36(31)42-37/h2-22H. The third-order valence-electron chi connectivity index (χ3n) is 8.08. The molecular weight excluding hydrogens is 514 g/mol. The lowest BCUT2D eigenvalue weighted by molar-refractivity contribution is 0.669. The largest absolute Gasteiger partial charge is 0.456 e. The number of furan rings is 1. The van der Waals surface area contributed by atoms with Crippen molar-refractivity contribution in [2.45, 2.75) is 0 Å². The van der Waals surface area contributed by atoms with Crippen LogP contribution in [-0.2, 0) is 0 Å². The van der Waals surface area contributed by atoms with E-state index < -0.39 is 0 Å². The van der Waals surface area contributed by atoms with Crippen LogP contribution in [0.15, 0.2) is 132 Å². The van der Waals surface area contributed by atoms with Gasteiger partial charge in [0.15, 0.2) is 0 Å². The second-order valence-corrected chi connectivity index (χ2v) is 10.3. The maximum Gasteiger partial charge on any atom is 0.211 e. The Labute approximate surface area is 241 Å². The first-order valence-corrected chi connectivity index (χ1v) is 13.7. The zero-order chi connectivity index (χ0) is 28.2. The Morgan fingerprint density at radius 3 is 1.98 bits per heavy atom. The van der Waals surface area contributed by atoms with Crippen molar-refractivity contribution in [3.63, 3.8) is 0 Å². The van der Waals surface area contributed by atoms with Crippen LogP contribution in [0.1, 0.15) is 5.56 Å². The fourth-order valence-electron chi connectivity index (χ4n) is 6.20. The van der Waals surface area contributed by atoms with Crippen molar-refractivity contribution in [1.29, 1.82) is 5.26 Å². The molecule has 0 radical (unpaired) electrons. The minimum absolute atomic E-state index is 0.555. The summed E-state index contributed by atoms with van der Waals surface area (Å²) < 4.78 is 8.20. The molecule has 0 bridgehead atoms. The SMILES string of the molecule is [C-]#[N+]c1cccc(-c2ccc(-c3ccc4oc5ccccc5c4c3)c(C#N)c2)c1-n1c2ccccc2c2ccccc21. The maximum atomic E-state index is 10.3. The highest BCUT2D eigenvalue weighted by molar-refractivity contribution is 6.10. The molecule has 0 aliphatic carbocycles. The number of rotatable bonds is 3. The first-order valence-electron chi connectivity index (χ1n) is 13.7. The third-order valence-corrected chi connectivity index (χ3v) is 8.08. The van der Waals surface area contributed by atoms with Gasteiger partial charge in [0.25, 0.3) is 0 Å². The molecule has 0 N–H and O–H groups in total. The number of para-hydroxylation sites is 4. The molecule has 6 aromatic carbocycles. The normalized spacial score (nSPS) is 11.3. The van der Waals surface area contributed by atoms with Crippen LogP contribution in [0.25, 0.3) is 76.5 Å². The Morgan fingerprint density at radius 1 is 0.595 bits per heavy atom. The molecule has 8 aromatic rings. The van der Waals surface area contributed by atoms with Gasteiger partial charge in [-0.15, -0.1) is 0 Å². The first kappa shape index (κ1) is 23.8. The van der Waals surface area contributed by atoms with Crippen LogP contribution >= 0.6 is 0 Å². The highest BCUT2D eigenvalue weighted by atomic mass is 16.3. The van der Waals surface area contributed by atoms with Gasteiger partial charge in [-0.2, -0.15) is 5.26 Å². The summed E-state index contributed by atoms with van der Waals surface area (Å²) in [5.41, 5.74) is 9.26. The summed E-state index contributed by atoms with van der Waals surface area (Å²) in [6, 6.07) is 44.9. The molecule has 0 unspecified atom stereocenters. The minimum atomic E-state index is 0.555. The number of aromatic nitrogens is 1. The van der Waals surface area contributed by atoms with Crippen LogP contribution < -0.4 is 0 Å². The molecule has 4 heteroatoms. The molecule has 2 heterocycles. The van der Waals surface area contributed by atoms with Gasteiger partial charge in [0.1, 0.15) is 11.2 Å². The predicted octanol–water partition coefficient (Wildman–Crippen LogP) is 10.4. The van der Waals surface area contributed by atoms with Gasteiger partial charge in [0.2, 0.25) is 5.69 Å². The van der Waals surface area contributed by atoms with E-state index in [1.54, 1.807) is 0 Å². The van der Waals surface area contributed by atoms with Crippen molar-refractivity contribution in [3.05, 3.63) is 144 Å². The van der Waals surface area contributed by atoms with Gasteiger partial charge in [0.05, 0.1) is 34.9 Å². The second kappa shape index (κ2) is 9.24. The summed E-state index contributed by atoms with van der Waals surface area (Å²) in [5, 5.41) is 14.7. The highest BCUT2D eigenvalue weighted by Crippen LogP contribution is 2.42. The van der Waals surface area contributed by atoms with E-state index >= 15 is 0 Å². The van der Waals surface area contributed by atoms with Crippen LogP contribution in [-0.4, -0.2) is 4.57 Å². The number of nitriles is 1. The average molecular weight is 536 g/mol. The van der Waals surface area contributed by atoms with Crippen molar-refractivity contribution in [3.8, 4) is 34.0 Å². The second-order valence-electron chi connectivity index (χ2n) is 10.3. The van der Waals surface area contributed by atoms with Crippen molar-refractivity contribution in [2.24, 2.45) is 0 Å². The van der Waals surface area contributed by atoms with Gasteiger partial charge >= 0.3 is 0 Å². The number of hydrogen-bond donors (Lipinski definition) is 0. The smallest absolute Gasteiger partial charge is 0.211 e. The monoisotopic (exact) mass is 535 g/mol. The van der Waals surface area contributed by atoms with Crippen molar-refractivity contribution < 1.29 is 4.42 Å². The van der Waals surface area contributed by atoms with Crippen LogP contribution in [0, 0.1) is 17.9 Å². The van der Waals surface area contributed by atoms with Gasteiger partial charge in [-0.3, -0.25) is 0 Å². The Kier molecular flexibility index (Phi) is 5.22. The molecule has 0 atom stereocenters. The fourth-order valence-corrected chi connectivity index (χ4v) is 6.20. The fraction of sp³-hybridized carbons (Fsp3) is 0. The van der Waals surface area contributed by atoms with Gasteiger partial charge < -0.3 is 8.98 Å². The summed E-state index contributed by atoms with van der Waals surface area (Å²) in [7, 11) is 0. The minimum Gasteiger partial charge on any atom is -0.456 e. The number of fused-ring (bicyclic) bond motifs is 6. The van der Waals surface area contributed by atoms with E-state index in [0.29, 0.717) is 11.3 Å². The molecule has 0 saturated heterocycles. The van der Waals surface area contributed by atoms with Gasteiger partial charge in [-0.1, -0.05) is 91.0 Å². The summed E-state index contributed by atoms with van der Waals surface area (Å²) in [6.45, 7) is 8.05. The molecule has 0 spiro atoms. The van der Waals surface area contributed by atoms with Crippen LogP contribution in [0.4, 0.5) is 5.69 Å². The molecule has 0 amide bonds. The Bertz CT molecular complexity index is 2390. The van der Waals surface area contributed by atoms with Crippen LogP contribution in [0.5, 0.6) is 0 Å². The van der Waals surface area contributed by atoms with Crippen LogP contribution in [0.3, 0.4) is 0 Å². The zero-order valence-electron chi connectivity index (χ0n) is 22.4. The lowest BCUT2D eigenvalue weighted by atomic mass is 9.93. The topological polar surface area (TPSA) is 46.2 Å². The van der Waals surface area contributed by atoms with E-state index in [2.05, 4.69) is 51.9 Å². The van der Waals surface area contributed by atoms with E-state index in [1.165, 1.54) is 0 Å². The summed E-state index contributed by atoms with van der Waals surface area (Å²) in [5.74, 6) is 0. The highest BCUT2D eigenvalue weighted by Gasteiger charge is 2.19. The van der Waals surface area contributed by atoms with Gasteiger partial charge in [-0.25, -0.2) is 4.85 Å². The third kappa shape index (κ3) is 3.47. The predicted molar refractivity (Wildman–Crippen MR) is 170 cm³/mol. The molecule has 0 saturated carbocycles. The molecule has 0 aliphatic heterocycles. The van der Waals surface area contributed by atoms with E-state index in [0.717, 1.165) is 71.7 Å². The molecule has 8 rings (SSSR count). The van der Waals surface area contributed by atoms with E-state index in [-0.39, 0.29) is 0 Å². The summed E-state index contributed by atoms with van der Waals surface area (Å²) in [6.07, 6.45) is 0.